The van der Waals surface area contributed by atoms with Gasteiger partial charge in [-0.2, -0.15) is 5.10 Å². The van der Waals surface area contributed by atoms with E-state index in [-0.39, 0.29) is 0 Å². The third kappa shape index (κ3) is 2.20. The normalized spacial score (nSPS) is 10.6. The van der Waals surface area contributed by atoms with Gasteiger partial charge in [0.25, 0.3) is 0 Å². The first-order valence-corrected chi connectivity index (χ1v) is 5.98. The fourth-order valence-electron chi connectivity index (χ4n) is 1.90. The molecule has 1 heterocycles. The number of aromatic nitrogens is 2. The van der Waals surface area contributed by atoms with Crippen molar-refractivity contribution in [2.45, 2.75) is 6.92 Å². The van der Waals surface area contributed by atoms with Gasteiger partial charge in [0.2, 0.25) is 5.88 Å². The molecule has 0 saturated carbocycles. The van der Waals surface area contributed by atoms with E-state index in [0.717, 1.165) is 22.0 Å². The summed E-state index contributed by atoms with van der Waals surface area (Å²) < 4.78 is 5.80. The van der Waals surface area contributed by atoms with Crippen LogP contribution < -0.4 is 10.5 Å². The van der Waals surface area contributed by atoms with Crippen LogP contribution in [0.2, 0.25) is 0 Å². The van der Waals surface area contributed by atoms with Crippen LogP contribution in [0.4, 0.5) is 5.69 Å². The minimum atomic E-state index is 0.502. The standard InChI is InChI=1S/C15H13N3O/c1-10-8-12(6-7-14(10)16)19-15-13-5-3-2-4-11(13)9-17-18-15/h2-9H,16H2,1H3. The Kier molecular flexibility index (Phi) is 2.76. The summed E-state index contributed by atoms with van der Waals surface area (Å²) in [5.41, 5.74) is 7.51. The topological polar surface area (TPSA) is 61.0 Å². The van der Waals surface area contributed by atoms with E-state index in [4.69, 9.17) is 10.5 Å². The van der Waals surface area contributed by atoms with Gasteiger partial charge >= 0.3 is 0 Å². The Hall–Kier alpha value is -2.62. The minimum Gasteiger partial charge on any atom is -0.437 e. The van der Waals surface area contributed by atoms with Crippen molar-refractivity contribution in [2.24, 2.45) is 0 Å². The second-order valence-corrected chi connectivity index (χ2v) is 4.36. The summed E-state index contributed by atoms with van der Waals surface area (Å²) in [5.74, 6) is 1.21. The molecule has 0 spiro atoms. The highest BCUT2D eigenvalue weighted by Crippen LogP contribution is 2.28. The average Bonchev–Trinajstić information content (AvgIpc) is 2.43. The molecule has 94 valence electrons. The lowest BCUT2D eigenvalue weighted by molar-refractivity contribution is 0.461. The zero-order chi connectivity index (χ0) is 13.2. The summed E-state index contributed by atoms with van der Waals surface area (Å²) >= 11 is 0. The second kappa shape index (κ2) is 4.57. The first kappa shape index (κ1) is 11.5. The lowest BCUT2D eigenvalue weighted by Gasteiger charge is -2.08. The maximum Gasteiger partial charge on any atom is 0.246 e. The molecule has 19 heavy (non-hydrogen) atoms. The number of fused-ring (bicyclic) bond motifs is 1. The summed E-state index contributed by atoms with van der Waals surface area (Å²) in [6.07, 6.45) is 1.72. The quantitative estimate of drug-likeness (QED) is 0.710. The molecular weight excluding hydrogens is 238 g/mol. The molecule has 0 unspecified atom stereocenters. The molecule has 4 heteroatoms. The molecular formula is C15H13N3O. The Balaban J connectivity index is 2.03. The van der Waals surface area contributed by atoms with Crippen molar-refractivity contribution < 1.29 is 4.74 Å². The van der Waals surface area contributed by atoms with Gasteiger partial charge in [0.05, 0.1) is 6.20 Å². The van der Waals surface area contributed by atoms with Crippen molar-refractivity contribution >= 4 is 16.5 Å². The highest BCUT2D eigenvalue weighted by Gasteiger charge is 2.06. The molecule has 0 atom stereocenters. The summed E-state index contributed by atoms with van der Waals surface area (Å²) in [6.45, 7) is 1.94. The molecule has 0 amide bonds. The predicted octanol–water partition coefficient (Wildman–Crippen LogP) is 3.31. The van der Waals surface area contributed by atoms with E-state index in [1.165, 1.54) is 0 Å². The lowest BCUT2D eigenvalue weighted by Crippen LogP contribution is -1.94. The first-order chi connectivity index (χ1) is 9.24. The fraction of sp³-hybridized carbons (Fsp3) is 0.0667. The molecule has 0 aliphatic carbocycles. The number of ether oxygens (including phenoxy) is 1. The number of nitrogens with zero attached hydrogens (tertiary/aromatic N) is 2. The molecule has 0 saturated heterocycles. The highest BCUT2D eigenvalue weighted by atomic mass is 16.5. The van der Waals surface area contributed by atoms with E-state index in [1.807, 2.05) is 49.4 Å². The molecule has 1 aromatic heterocycles. The number of hydrogen-bond acceptors (Lipinski definition) is 4. The molecule has 0 aliphatic rings. The van der Waals surface area contributed by atoms with E-state index in [1.54, 1.807) is 6.20 Å². The number of rotatable bonds is 2. The molecule has 0 radical (unpaired) electrons. The summed E-state index contributed by atoms with van der Waals surface area (Å²) in [4.78, 5) is 0. The van der Waals surface area contributed by atoms with Gasteiger partial charge in [-0.3, -0.25) is 0 Å². The number of anilines is 1. The van der Waals surface area contributed by atoms with E-state index in [9.17, 15) is 0 Å². The first-order valence-electron chi connectivity index (χ1n) is 5.98. The maximum absolute atomic E-state index is 5.80. The smallest absolute Gasteiger partial charge is 0.246 e. The van der Waals surface area contributed by atoms with Gasteiger partial charge in [0.15, 0.2) is 0 Å². The van der Waals surface area contributed by atoms with Crippen LogP contribution in [0.15, 0.2) is 48.7 Å². The SMILES string of the molecule is Cc1cc(Oc2nncc3ccccc23)ccc1N. The van der Waals surface area contributed by atoms with Gasteiger partial charge in [-0.1, -0.05) is 18.2 Å². The zero-order valence-corrected chi connectivity index (χ0v) is 10.5. The van der Waals surface area contributed by atoms with Crippen LogP contribution in [0.3, 0.4) is 0 Å². The van der Waals surface area contributed by atoms with Gasteiger partial charge in [-0.15, -0.1) is 5.10 Å². The second-order valence-electron chi connectivity index (χ2n) is 4.36. The Morgan fingerprint density at radius 2 is 1.95 bits per heavy atom. The van der Waals surface area contributed by atoms with Crippen LogP contribution in [0, 0.1) is 6.92 Å². The monoisotopic (exact) mass is 251 g/mol. The minimum absolute atomic E-state index is 0.502. The third-order valence-electron chi connectivity index (χ3n) is 2.99. The van der Waals surface area contributed by atoms with Crippen molar-refractivity contribution in [1.82, 2.24) is 10.2 Å². The van der Waals surface area contributed by atoms with Crippen LogP contribution >= 0.6 is 0 Å². The van der Waals surface area contributed by atoms with Gasteiger partial charge in [-0.05, 0) is 36.8 Å². The number of aryl methyl sites for hydroxylation is 1. The van der Waals surface area contributed by atoms with E-state index in [0.29, 0.717) is 11.6 Å². The van der Waals surface area contributed by atoms with Crippen molar-refractivity contribution in [3.05, 3.63) is 54.2 Å². The third-order valence-corrected chi connectivity index (χ3v) is 2.99. The summed E-state index contributed by atoms with van der Waals surface area (Å²) in [5, 5.41) is 9.94. The van der Waals surface area contributed by atoms with Crippen molar-refractivity contribution in [2.75, 3.05) is 5.73 Å². The van der Waals surface area contributed by atoms with E-state index < -0.39 is 0 Å². The summed E-state index contributed by atoms with van der Waals surface area (Å²) in [7, 11) is 0. The van der Waals surface area contributed by atoms with Crippen molar-refractivity contribution in [1.29, 1.82) is 0 Å². The molecule has 2 aromatic carbocycles. The molecule has 0 bridgehead atoms. The Labute approximate surface area is 110 Å². The number of hydrogen-bond donors (Lipinski definition) is 1. The molecule has 3 rings (SSSR count). The van der Waals surface area contributed by atoms with Gasteiger partial charge in [-0.25, -0.2) is 0 Å². The van der Waals surface area contributed by atoms with Crippen molar-refractivity contribution in [3.63, 3.8) is 0 Å². The lowest BCUT2D eigenvalue weighted by atomic mass is 10.2. The molecule has 0 fully saturated rings. The molecule has 3 aromatic rings. The van der Waals surface area contributed by atoms with E-state index >= 15 is 0 Å². The Morgan fingerprint density at radius 1 is 1.11 bits per heavy atom. The van der Waals surface area contributed by atoms with Crippen molar-refractivity contribution in [3.8, 4) is 11.6 Å². The zero-order valence-electron chi connectivity index (χ0n) is 10.5. The van der Waals surface area contributed by atoms with Crippen LogP contribution in [-0.4, -0.2) is 10.2 Å². The Bertz CT molecular complexity index is 735. The van der Waals surface area contributed by atoms with Gasteiger partial charge in [0, 0.05) is 16.5 Å². The Morgan fingerprint density at radius 3 is 2.79 bits per heavy atom. The van der Waals surface area contributed by atoms with Crippen LogP contribution in [0.5, 0.6) is 11.6 Å². The van der Waals surface area contributed by atoms with Crippen LogP contribution in [0.1, 0.15) is 5.56 Å². The highest BCUT2D eigenvalue weighted by molar-refractivity contribution is 5.85. The number of nitrogens with two attached hydrogens (primary N) is 1. The number of benzene rings is 2. The van der Waals surface area contributed by atoms with Gasteiger partial charge in [0.1, 0.15) is 5.75 Å². The number of nitrogen functional groups attached to an aromatic ring is 1. The van der Waals surface area contributed by atoms with Crippen LogP contribution in [0.25, 0.3) is 10.8 Å². The fourth-order valence-corrected chi connectivity index (χ4v) is 1.90. The van der Waals surface area contributed by atoms with E-state index in [2.05, 4.69) is 10.2 Å². The van der Waals surface area contributed by atoms with Gasteiger partial charge < -0.3 is 10.5 Å². The largest absolute Gasteiger partial charge is 0.437 e. The predicted molar refractivity (Wildman–Crippen MR) is 75.2 cm³/mol. The molecule has 2 N–H and O–H groups in total. The average molecular weight is 251 g/mol. The summed E-state index contributed by atoms with van der Waals surface area (Å²) in [6, 6.07) is 13.4. The molecule has 4 nitrogen and oxygen atoms in total. The maximum atomic E-state index is 5.80. The molecule has 0 aliphatic heterocycles. The van der Waals surface area contributed by atoms with Crippen LogP contribution in [-0.2, 0) is 0 Å².